The van der Waals surface area contributed by atoms with E-state index < -0.39 is 28.8 Å². The number of hydrogen-bond donors (Lipinski definition) is 3. The predicted octanol–water partition coefficient (Wildman–Crippen LogP) is 2.87. The van der Waals surface area contributed by atoms with Crippen molar-refractivity contribution < 1.29 is 23.8 Å². The second-order valence-corrected chi connectivity index (χ2v) is 7.58. The van der Waals surface area contributed by atoms with Gasteiger partial charge >= 0.3 is 17.7 Å². The third-order valence-electron chi connectivity index (χ3n) is 4.20. The van der Waals surface area contributed by atoms with Crippen molar-refractivity contribution in [3.8, 4) is 0 Å². The standard InChI is InChI=1S/C18H21N3O6/c1-9-10(20-16(25)27-17(2,3)4)5-6-11-12(9)13(22)26-15(19-11)21-18(7-8-18)14(23)24/h5-6H,7-8H2,1-4H3,(H,19,21)(H,20,25)(H,23,24). The number of ether oxygens (including phenoxy) is 1. The number of hydrogen-bond acceptors (Lipinski definition) is 7. The average molecular weight is 375 g/mol. The van der Waals surface area contributed by atoms with Gasteiger partial charge in [0, 0.05) is 5.69 Å². The molecule has 1 fully saturated rings. The quantitative estimate of drug-likeness (QED) is 0.743. The summed E-state index contributed by atoms with van der Waals surface area (Å²) in [6.45, 7) is 6.89. The molecule has 1 aliphatic carbocycles. The second kappa shape index (κ2) is 6.26. The highest BCUT2D eigenvalue weighted by Gasteiger charge is 2.51. The van der Waals surface area contributed by atoms with Crippen LogP contribution in [0, 0.1) is 6.92 Å². The zero-order valence-electron chi connectivity index (χ0n) is 15.5. The first-order valence-electron chi connectivity index (χ1n) is 8.47. The molecule has 1 aliphatic rings. The summed E-state index contributed by atoms with van der Waals surface area (Å²) < 4.78 is 10.4. The minimum atomic E-state index is -1.12. The number of nitrogens with zero attached hydrogens (tertiary/aromatic N) is 1. The lowest BCUT2D eigenvalue weighted by Gasteiger charge is -2.20. The van der Waals surface area contributed by atoms with Gasteiger partial charge in [-0.3, -0.25) is 5.32 Å². The van der Waals surface area contributed by atoms with Gasteiger partial charge in [-0.25, -0.2) is 14.4 Å². The normalized spacial score (nSPS) is 15.3. The number of carboxylic acids is 1. The molecule has 0 radical (unpaired) electrons. The van der Waals surface area contributed by atoms with E-state index in [0.717, 1.165) is 0 Å². The molecule has 1 heterocycles. The third-order valence-corrected chi connectivity index (χ3v) is 4.20. The fourth-order valence-corrected chi connectivity index (χ4v) is 2.64. The molecule has 9 heteroatoms. The smallest absolute Gasteiger partial charge is 0.412 e. The number of benzene rings is 1. The summed E-state index contributed by atoms with van der Waals surface area (Å²) in [5, 5.41) is 14.7. The van der Waals surface area contributed by atoms with E-state index in [-0.39, 0.29) is 11.4 Å². The number of carbonyl (C=O) groups is 2. The van der Waals surface area contributed by atoms with Crippen molar-refractivity contribution in [3.05, 3.63) is 28.1 Å². The molecule has 3 rings (SSSR count). The van der Waals surface area contributed by atoms with E-state index in [1.165, 1.54) is 0 Å². The van der Waals surface area contributed by atoms with Gasteiger partial charge in [0.15, 0.2) is 0 Å². The summed E-state index contributed by atoms with van der Waals surface area (Å²) in [6, 6.07) is 3.01. The molecule has 0 aliphatic heterocycles. The lowest BCUT2D eigenvalue weighted by Crippen LogP contribution is -2.32. The Morgan fingerprint density at radius 1 is 1.30 bits per heavy atom. The van der Waals surface area contributed by atoms with Gasteiger partial charge in [-0.2, -0.15) is 4.98 Å². The number of rotatable bonds is 4. The van der Waals surface area contributed by atoms with Crippen LogP contribution in [0.15, 0.2) is 21.3 Å². The first kappa shape index (κ1) is 18.7. The van der Waals surface area contributed by atoms with E-state index in [2.05, 4.69) is 15.6 Å². The van der Waals surface area contributed by atoms with Crippen molar-refractivity contribution >= 4 is 34.7 Å². The number of carbonyl (C=O) groups excluding carboxylic acids is 1. The number of anilines is 2. The summed E-state index contributed by atoms with van der Waals surface area (Å²) in [7, 11) is 0. The maximum absolute atomic E-state index is 12.4. The summed E-state index contributed by atoms with van der Waals surface area (Å²) in [4.78, 5) is 39.9. The van der Waals surface area contributed by atoms with Crippen LogP contribution in [0.3, 0.4) is 0 Å². The molecule has 1 aromatic heterocycles. The molecule has 1 amide bonds. The fourth-order valence-electron chi connectivity index (χ4n) is 2.64. The highest BCUT2D eigenvalue weighted by molar-refractivity contribution is 5.93. The molecular formula is C18H21N3O6. The average Bonchev–Trinajstić information content (AvgIpc) is 3.29. The van der Waals surface area contributed by atoms with Gasteiger partial charge in [0.1, 0.15) is 11.1 Å². The second-order valence-electron chi connectivity index (χ2n) is 7.58. The Morgan fingerprint density at radius 2 is 1.96 bits per heavy atom. The van der Waals surface area contributed by atoms with Gasteiger partial charge in [-0.1, -0.05) is 0 Å². The molecule has 1 aromatic carbocycles. The molecular weight excluding hydrogens is 354 g/mol. The molecule has 1 saturated carbocycles. The Labute approximate surface area is 154 Å². The Hall–Kier alpha value is -3.10. The number of aromatic nitrogens is 1. The van der Waals surface area contributed by atoms with E-state index >= 15 is 0 Å². The zero-order valence-corrected chi connectivity index (χ0v) is 15.5. The van der Waals surface area contributed by atoms with Crippen LogP contribution in [-0.4, -0.2) is 33.3 Å². The van der Waals surface area contributed by atoms with Gasteiger partial charge in [0.05, 0.1) is 10.9 Å². The highest BCUT2D eigenvalue weighted by atomic mass is 16.6. The van der Waals surface area contributed by atoms with Gasteiger partial charge in [0.25, 0.3) is 6.01 Å². The monoisotopic (exact) mass is 375 g/mol. The van der Waals surface area contributed by atoms with Gasteiger partial charge in [-0.15, -0.1) is 0 Å². The van der Waals surface area contributed by atoms with Crippen molar-refractivity contribution in [1.29, 1.82) is 0 Å². The van der Waals surface area contributed by atoms with E-state index in [1.807, 2.05) is 0 Å². The SMILES string of the molecule is Cc1c(NC(=O)OC(C)(C)C)ccc2nc(NC3(C(=O)O)CC3)oc(=O)c12. The van der Waals surface area contributed by atoms with Crippen LogP contribution in [0.2, 0.25) is 0 Å². The summed E-state index contributed by atoms with van der Waals surface area (Å²) in [5.74, 6) is -1.01. The van der Waals surface area contributed by atoms with E-state index in [0.29, 0.717) is 29.6 Å². The molecule has 144 valence electrons. The van der Waals surface area contributed by atoms with Crippen LogP contribution in [0.5, 0.6) is 0 Å². The number of fused-ring (bicyclic) bond motifs is 1. The van der Waals surface area contributed by atoms with E-state index in [1.54, 1.807) is 39.8 Å². The summed E-state index contributed by atoms with van der Waals surface area (Å²) in [5.41, 5.74) is -1.24. The van der Waals surface area contributed by atoms with Crippen molar-refractivity contribution in [2.24, 2.45) is 0 Å². The van der Waals surface area contributed by atoms with Crippen LogP contribution >= 0.6 is 0 Å². The molecule has 0 atom stereocenters. The summed E-state index contributed by atoms with van der Waals surface area (Å²) >= 11 is 0. The van der Waals surface area contributed by atoms with Crippen molar-refractivity contribution in [2.45, 2.75) is 51.7 Å². The lowest BCUT2D eigenvalue weighted by atomic mass is 10.1. The Kier molecular flexibility index (Phi) is 4.33. The lowest BCUT2D eigenvalue weighted by molar-refractivity contribution is -0.139. The molecule has 9 nitrogen and oxygen atoms in total. The minimum Gasteiger partial charge on any atom is -0.480 e. The molecule has 27 heavy (non-hydrogen) atoms. The molecule has 0 bridgehead atoms. The first-order valence-corrected chi connectivity index (χ1v) is 8.47. The van der Waals surface area contributed by atoms with E-state index in [4.69, 9.17) is 9.15 Å². The highest BCUT2D eigenvalue weighted by Crippen LogP contribution is 2.38. The van der Waals surface area contributed by atoms with Gasteiger partial charge in [-0.05, 0) is 58.2 Å². The van der Waals surface area contributed by atoms with Crippen LogP contribution in [0.25, 0.3) is 10.9 Å². The minimum absolute atomic E-state index is 0.139. The van der Waals surface area contributed by atoms with Crippen LogP contribution in [0.1, 0.15) is 39.2 Å². The maximum Gasteiger partial charge on any atom is 0.412 e. The van der Waals surface area contributed by atoms with Crippen molar-refractivity contribution in [1.82, 2.24) is 4.98 Å². The predicted molar refractivity (Wildman–Crippen MR) is 98.1 cm³/mol. The number of nitrogens with one attached hydrogen (secondary N) is 2. The third kappa shape index (κ3) is 3.86. The Morgan fingerprint density at radius 3 is 2.52 bits per heavy atom. The van der Waals surface area contributed by atoms with Crippen molar-refractivity contribution in [3.63, 3.8) is 0 Å². The molecule has 0 unspecified atom stereocenters. The molecule has 0 spiro atoms. The zero-order chi connectivity index (χ0) is 20.0. The molecule has 0 saturated heterocycles. The fraction of sp³-hybridized carbons (Fsp3) is 0.444. The number of carboxylic acid groups (broad SMARTS) is 1. The molecule has 2 aromatic rings. The topological polar surface area (TPSA) is 131 Å². The molecule has 3 N–H and O–H groups in total. The largest absolute Gasteiger partial charge is 0.480 e. The summed E-state index contributed by atoms with van der Waals surface area (Å²) in [6.07, 6.45) is 0.227. The van der Waals surface area contributed by atoms with E-state index in [9.17, 15) is 19.5 Å². The van der Waals surface area contributed by atoms with Gasteiger partial charge < -0.3 is 19.6 Å². The number of amides is 1. The number of aliphatic carboxylic acids is 1. The number of aryl methyl sites for hydroxylation is 1. The van der Waals surface area contributed by atoms with Crippen LogP contribution in [0.4, 0.5) is 16.5 Å². The first-order chi connectivity index (χ1) is 12.5. The van der Waals surface area contributed by atoms with Crippen molar-refractivity contribution in [2.75, 3.05) is 10.6 Å². The van der Waals surface area contributed by atoms with Crippen LogP contribution in [-0.2, 0) is 9.53 Å². The Bertz CT molecular complexity index is 985. The Balaban J connectivity index is 1.91. The maximum atomic E-state index is 12.4. The van der Waals surface area contributed by atoms with Crippen LogP contribution < -0.4 is 16.3 Å². The van der Waals surface area contributed by atoms with Gasteiger partial charge in [0.2, 0.25) is 0 Å².